The molecule has 0 bridgehead atoms. The highest BCUT2D eigenvalue weighted by Crippen LogP contribution is 2.29. The average molecular weight is 355 g/mol. The number of rotatable bonds is 2. The fourth-order valence-corrected chi connectivity index (χ4v) is 3.31. The molecule has 1 aromatic heterocycles. The molecule has 1 N–H and O–H groups in total. The second-order valence-electron chi connectivity index (χ2n) is 6.57. The number of piperazine rings is 1. The summed E-state index contributed by atoms with van der Waals surface area (Å²) in [5.74, 6) is 0.827. The van der Waals surface area contributed by atoms with E-state index in [0.29, 0.717) is 12.1 Å². The molecule has 0 aliphatic carbocycles. The minimum Gasteiger partial charge on any atom is -0.335 e. The summed E-state index contributed by atoms with van der Waals surface area (Å²) < 4.78 is 0. The number of hydrogen-bond donors (Lipinski definition) is 1. The van der Waals surface area contributed by atoms with Crippen LogP contribution in [0.5, 0.6) is 0 Å². The zero-order valence-electron chi connectivity index (χ0n) is 14.5. The van der Waals surface area contributed by atoms with Gasteiger partial charge < -0.3 is 10.2 Å². The van der Waals surface area contributed by atoms with Gasteiger partial charge in [-0.05, 0) is 19.9 Å². The van der Waals surface area contributed by atoms with Gasteiger partial charge in [0.2, 0.25) is 5.95 Å². The van der Waals surface area contributed by atoms with Crippen LogP contribution >= 0.6 is 12.4 Å². The van der Waals surface area contributed by atoms with Crippen molar-refractivity contribution >= 4 is 29.3 Å². The van der Waals surface area contributed by atoms with Gasteiger partial charge in [-0.1, -0.05) is 48.5 Å². The number of benzene rings is 2. The average Bonchev–Trinajstić information content (AvgIpc) is 2.63. The van der Waals surface area contributed by atoms with E-state index < -0.39 is 0 Å². The van der Waals surface area contributed by atoms with Gasteiger partial charge >= 0.3 is 0 Å². The van der Waals surface area contributed by atoms with Crippen molar-refractivity contribution < 1.29 is 0 Å². The Balaban J connectivity index is 0.00000182. The first kappa shape index (κ1) is 17.6. The first-order chi connectivity index (χ1) is 11.7. The van der Waals surface area contributed by atoms with Crippen LogP contribution in [0, 0.1) is 0 Å². The van der Waals surface area contributed by atoms with Gasteiger partial charge in [0.05, 0.1) is 11.2 Å². The highest BCUT2D eigenvalue weighted by atomic mass is 35.5. The Bertz CT molecular complexity index is 853. The summed E-state index contributed by atoms with van der Waals surface area (Å²) in [5.41, 5.74) is 3.14. The first-order valence-electron chi connectivity index (χ1n) is 8.54. The molecule has 4 rings (SSSR count). The molecule has 130 valence electrons. The number of aromatic nitrogens is 2. The SMILES string of the molecule is CC1CN(c2nc(-c3ccccc3)c3ccccc3n2)C(C)CN1.Cl. The molecule has 0 radical (unpaired) electrons. The van der Waals surface area contributed by atoms with Crippen molar-refractivity contribution in [2.75, 3.05) is 18.0 Å². The number of anilines is 1. The smallest absolute Gasteiger partial charge is 0.226 e. The van der Waals surface area contributed by atoms with Crippen molar-refractivity contribution in [1.82, 2.24) is 15.3 Å². The summed E-state index contributed by atoms with van der Waals surface area (Å²) >= 11 is 0. The van der Waals surface area contributed by atoms with E-state index in [0.717, 1.165) is 41.2 Å². The van der Waals surface area contributed by atoms with Gasteiger partial charge in [0, 0.05) is 36.1 Å². The van der Waals surface area contributed by atoms with Crippen LogP contribution in [0.3, 0.4) is 0 Å². The Hall–Kier alpha value is -2.17. The molecule has 25 heavy (non-hydrogen) atoms. The summed E-state index contributed by atoms with van der Waals surface area (Å²) in [5, 5.41) is 4.62. The second-order valence-corrected chi connectivity index (χ2v) is 6.57. The monoisotopic (exact) mass is 354 g/mol. The van der Waals surface area contributed by atoms with E-state index in [1.165, 1.54) is 0 Å². The number of fused-ring (bicyclic) bond motifs is 1. The minimum absolute atomic E-state index is 0. The van der Waals surface area contributed by atoms with Crippen molar-refractivity contribution in [2.24, 2.45) is 0 Å². The van der Waals surface area contributed by atoms with Gasteiger partial charge in [0.15, 0.2) is 0 Å². The maximum Gasteiger partial charge on any atom is 0.226 e. The molecule has 1 fully saturated rings. The molecular weight excluding hydrogens is 332 g/mol. The van der Waals surface area contributed by atoms with Crippen LogP contribution in [0.15, 0.2) is 54.6 Å². The molecule has 1 saturated heterocycles. The summed E-state index contributed by atoms with van der Waals surface area (Å²) in [6.45, 7) is 6.31. The summed E-state index contributed by atoms with van der Waals surface area (Å²) in [6.07, 6.45) is 0. The van der Waals surface area contributed by atoms with Gasteiger partial charge in [-0.3, -0.25) is 0 Å². The van der Waals surface area contributed by atoms with Crippen LogP contribution in [-0.2, 0) is 0 Å². The second kappa shape index (κ2) is 7.38. The quantitative estimate of drug-likeness (QED) is 0.757. The van der Waals surface area contributed by atoms with Crippen LogP contribution in [-0.4, -0.2) is 35.1 Å². The van der Waals surface area contributed by atoms with E-state index in [4.69, 9.17) is 9.97 Å². The lowest BCUT2D eigenvalue weighted by atomic mass is 10.1. The molecular formula is C20H23ClN4. The maximum absolute atomic E-state index is 4.97. The number of para-hydroxylation sites is 1. The van der Waals surface area contributed by atoms with Crippen molar-refractivity contribution in [2.45, 2.75) is 25.9 Å². The zero-order valence-corrected chi connectivity index (χ0v) is 15.3. The van der Waals surface area contributed by atoms with E-state index in [1.54, 1.807) is 0 Å². The maximum atomic E-state index is 4.97. The zero-order chi connectivity index (χ0) is 16.5. The Labute approximate surface area is 154 Å². The summed E-state index contributed by atoms with van der Waals surface area (Å²) in [4.78, 5) is 12.1. The first-order valence-corrected chi connectivity index (χ1v) is 8.54. The number of nitrogens with zero attached hydrogens (tertiary/aromatic N) is 3. The van der Waals surface area contributed by atoms with Gasteiger partial charge in [-0.15, -0.1) is 12.4 Å². The van der Waals surface area contributed by atoms with Gasteiger partial charge in [-0.2, -0.15) is 0 Å². The Kier molecular flexibility index (Phi) is 5.21. The van der Waals surface area contributed by atoms with Crippen molar-refractivity contribution in [3.8, 4) is 11.3 Å². The third-order valence-electron chi connectivity index (χ3n) is 4.66. The Morgan fingerprint density at radius 2 is 1.68 bits per heavy atom. The predicted octanol–water partition coefficient (Wildman–Crippen LogP) is 3.91. The number of halogens is 1. The van der Waals surface area contributed by atoms with Crippen molar-refractivity contribution in [1.29, 1.82) is 0 Å². The normalized spacial score (nSPS) is 20.3. The third kappa shape index (κ3) is 3.46. The van der Waals surface area contributed by atoms with Crippen LogP contribution in [0.2, 0.25) is 0 Å². The van der Waals surface area contributed by atoms with Crippen LogP contribution in [0.1, 0.15) is 13.8 Å². The molecule has 1 aliphatic heterocycles. The fourth-order valence-electron chi connectivity index (χ4n) is 3.31. The fraction of sp³-hybridized carbons (Fsp3) is 0.300. The third-order valence-corrected chi connectivity index (χ3v) is 4.66. The molecule has 4 nitrogen and oxygen atoms in total. The van der Waals surface area contributed by atoms with Gasteiger partial charge in [0.1, 0.15) is 0 Å². The molecule has 5 heteroatoms. The molecule has 3 aromatic rings. The lowest BCUT2D eigenvalue weighted by Gasteiger charge is -2.37. The van der Waals surface area contributed by atoms with Crippen molar-refractivity contribution in [3.63, 3.8) is 0 Å². The molecule has 0 saturated carbocycles. The Morgan fingerprint density at radius 1 is 0.960 bits per heavy atom. The molecule has 0 amide bonds. The molecule has 2 aromatic carbocycles. The van der Waals surface area contributed by atoms with Crippen LogP contribution < -0.4 is 10.2 Å². The van der Waals surface area contributed by atoms with E-state index in [-0.39, 0.29) is 12.4 Å². The van der Waals surface area contributed by atoms with Crippen LogP contribution in [0.4, 0.5) is 5.95 Å². The molecule has 0 spiro atoms. The number of hydrogen-bond acceptors (Lipinski definition) is 4. The largest absolute Gasteiger partial charge is 0.335 e. The van der Waals surface area contributed by atoms with E-state index in [1.807, 2.05) is 18.2 Å². The summed E-state index contributed by atoms with van der Waals surface area (Å²) in [7, 11) is 0. The molecule has 2 heterocycles. The highest BCUT2D eigenvalue weighted by molar-refractivity contribution is 5.93. The lowest BCUT2D eigenvalue weighted by molar-refractivity contribution is 0.420. The van der Waals surface area contributed by atoms with E-state index in [9.17, 15) is 0 Å². The molecule has 2 unspecified atom stereocenters. The van der Waals surface area contributed by atoms with Crippen molar-refractivity contribution in [3.05, 3.63) is 54.6 Å². The standard InChI is InChI=1S/C20H22N4.ClH/c1-14-13-24(15(2)12-21-14)20-22-18-11-7-6-10-17(18)19(23-20)16-8-4-3-5-9-16;/h3-11,14-15,21H,12-13H2,1-2H3;1H. The van der Waals surface area contributed by atoms with Crippen LogP contribution in [0.25, 0.3) is 22.2 Å². The van der Waals surface area contributed by atoms with Gasteiger partial charge in [-0.25, -0.2) is 9.97 Å². The summed E-state index contributed by atoms with van der Waals surface area (Å²) in [6, 6.07) is 19.5. The molecule has 1 aliphatic rings. The molecule has 2 atom stereocenters. The van der Waals surface area contributed by atoms with E-state index in [2.05, 4.69) is 60.5 Å². The topological polar surface area (TPSA) is 41.1 Å². The predicted molar refractivity (Wildman–Crippen MR) is 106 cm³/mol. The minimum atomic E-state index is 0. The highest BCUT2D eigenvalue weighted by Gasteiger charge is 2.25. The van der Waals surface area contributed by atoms with Gasteiger partial charge in [0.25, 0.3) is 0 Å². The Morgan fingerprint density at radius 3 is 2.48 bits per heavy atom. The number of nitrogens with one attached hydrogen (secondary N) is 1. The van der Waals surface area contributed by atoms with E-state index >= 15 is 0 Å². The lowest BCUT2D eigenvalue weighted by Crippen LogP contribution is -2.55.